The number of alkyl halides is 1. The number of hydrogen-bond acceptors (Lipinski definition) is 3. The van der Waals surface area contributed by atoms with E-state index in [1.807, 2.05) is 19.9 Å². The van der Waals surface area contributed by atoms with E-state index in [-0.39, 0.29) is 18.4 Å². The molecule has 0 fully saturated rings. The first-order valence-electron chi connectivity index (χ1n) is 6.48. The summed E-state index contributed by atoms with van der Waals surface area (Å²) in [6.07, 6.45) is 1.10. The summed E-state index contributed by atoms with van der Waals surface area (Å²) in [7, 11) is 0. The van der Waals surface area contributed by atoms with E-state index in [1.54, 1.807) is 18.2 Å². The van der Waals surface area contributed by atoms with Crippen LogP contribution in [0.25, 0.3) is 0 Å². The van der Waals surface area contributed by atoms with Crippen LogP contribution in [0.15, 0.2) is 24.3 Å². The van der Waals surface area contributed by atoms with E-state index in [2.05, 4.69) is 10.6 Å². The van der Waals surface area contributed by atoms with Crippen molar-refractivity contribution in [2.24, 2.45) is 0 Å². The number of benzene rings is 1. The van der Waals surface area contributed by atoms with Crippen molar-refractivity contribution in [1.29, 1.82) is 0 Å². The highest BCUT2D eigenvalue weighted by molar-refractivity contribution is 6.19. The number of urea groups is 1. The fourth-order valence-corrected chi connectivity index (χ4v) is 1.57. The predicted molar refractivity (Wildman–Crippen MR) is 79.3 cm³/mol. The molecule has 0 saturated heterocycles. The summed E-state index contributed by atoms with van der Waals surface area (Å²) in [6.45, 7) is 4.00. The van der Waals surface area contributed by atoms with E-state index in [9.17, 15) is 9.59 Å². The third-order valence-corrected chi connectivity index (χ3v) is 2.77. The van der Waals surface area contributed by atoms with Gasteiger partial charge in [-0.1, -0.05) is 13.0 Å². The molecule has 110 valence electrons. The van der Waals surface area contributed by atoms with Gasteiger partial charge in [0.1, 0.15) is 5.75 Å². The van der Waals surface area contributed by atoms with Crippen molar-refractivity contribution in [3.8, 4) is 5.75 Å². The molecule has 2 N–H and O–H groups in total. The number of anilines is 1. The van der Waals surface area contributed by atoms with Crippen LogP contribution in [0.5, 0.6) is 5.75 Å². The molecule has 0 aliphatic carbocycles. The predicted octanol–water partition coefficient (Wildman–Crippen LogP) is 3.14. The Kier molecular flexibility index (Phi) is 6.87. The van der Waals surface area contributed by atoms with Gasteiger partial charge in [-0.2, -0.15) is 0 Å². The Labute approximate surface area is 123 Å². The molecule has 0 aromatic heterocycles. The molecule has 3 amide bonds. The molecular formula is C14H19ClN2O3. The lowest BCUT2D eigenvalue weighted by Crippen LogP contribution is -2.34. The molecule has 1 rings (SSSR count). The molecule has 5 nitrogen and oxygen atoms in total. The summed E-state index contributed by atoms with van der Waals surface area (Å²) in [5.74, 6) is 0.436. The molecule has 0 saturated carbocycles. The molecule has 0 aliphatic rings. The maximum atomic E-state index is 11.6. The molecule has 0 spiro atoms. The van der Waals surface area contributed by atoms with Gasteiger partial charge >= 0.3 is 6.03 Å². The van der Waals surface area contributed by atoms with Gasteiger partial charge in [0.2, 0.25) is 5.91 Å². The van der Waals surface area contributed by atoms with Gasteiger partial charge < -0.3 is 10.1 Å². The summed E-state index contributed by atoms with van der Waals surface area (Å²) < 4.78 is 5.65. The number of halogens is 1. The molecule has 0 radical (unpaired) electrons. The molecular weight excluding hydrogens is 280 g/mol. The molecule has 1 aromatic carbocycles. The van der Waals surface area contributed by atoms with Crippen molar-refractivity contribution in [1.82, 2.24) is 5.32 Å². The summed E-state index contributed by atoms with van der Waals surface area (Å²) in [5.41, 5.74) is 0.557. The van der Waals surface area contributed by atoms with Gasteiger partial charge in [-0.3, -0.25) is 10.1 Å². The SMILES string of the molecule is CCC(C)Oc1cccc(NC(=O)NC(=O)CCCl)c1. The van der Waals surface area contributed by atoms with E-state index < -0.39 is 11.9 Å². The zero-order chi connectivity index (χ0) is 15.0. The van der Waals surface area contributed by atoms with Crippen LogP contribution in [0.4, 0.5) is 10.5 Å². The topological polar surface area (TPSA) is 67.4 Å². The van der Waals surface area contributed by atoms with E-state index in [4.69, 9.17) is 16.3 Å². The van der Waals surface area contributed by atoms with Gasteiger partial charge in [-0.05, 0) is 25.5 Å². The zero-order valence-electron chi connectivity index (χ0n) is 11.6. The monoisotopic (exact) mass is 298 g/mol. The van der Waals surface area contributed by atoms with Gasteiger partial charge in [0.05, 0.1) is 6.10 Å². The number of rotatable bonds is 6. The van der Waals surface area contributed by atoms with E-state index in [1.165, 1.54) is 0 Å². The molecule has 0 aliphatic heterocycles. The van der Waals surface area contributed by atoms with Crippen molar-refractivity contribution < 1.29 is 14.3 Å². The van der Waals surface area contributed by atoms with Crippen molar-refractivity contribution in [2.45, 2.75) is 32.8 Å². The Hall–Kier alpha value is -1.75. The van der Waals surface area contributed by atoms with Crippen LogP contribution in [-0.4, -0.2) is 23.9 Å². The number of ether oxygens (including phenoxy) is 1. The molecule has 20 heavy (non-hydrogen) atoms. The van der Waals surface area contributed by atoms with Crippen LogP contribution in [-0.2, 0) is 4.79 Å². The molecule has 0 heterocycles. The normalized spacial score (nSPS) is 11.6. The second-order valence-electron chi connectivity index (χ2n) is 4.31. The average Bonchev–Trinajstić information content (AvgIpc) is 2.38. The highest BCUT2D eigenvalue weighted by Gasteiger charge is 2.08. The first-order valence-corrected chi connectivity index (χ1v) is 7.02. The standard InChI is InChI=1S/C14H19ClN2O3/c1-3-10(2)20-12-6-4-5-11(9-12)16-14(19)17-13(18)7-8-15/h4-6,9-10H,3,7-8H2,1-2H3,(H2,16,17,18,19). The fourth-order valence-electron chi connectivity index (χ4n) is 1.40. The summed E-state index contributed by atoms with van der Waals surface area (Å²) in [5, 5.41) is 4.76. The summed E-state index contributed by atoms with van der Waals surface area (Å²) in [4.78, 5) is 22.8. The Morgan fingerprint density at radius 2 is 2.15 bits per heavy atom. The number of carbonyl (C=O) groups excluding carboxylic acids is 2. The van der Waals surface area contributed by atoms with Gasteiger partial charge in [0, 0.05) is 24.1 Å². The van der Waals surface area contributed by atoms with Crippen molar-refractivity contribution in [3.05, 3.63) is 24.3 Å². The van der Waals surface area contributed by atoms with Crippen LogP contribution in [0.3, 0.4) is 0 Å². The van der Waals surface area contributed by atoms with E-state index >= 15 is 0 Å². The Morgan fingerprint density at radius 3 is 2.80 bits per heavy atom. The first kappa shape index (κ1) is 16.3. The highest BCUT2D eigenvalue weighted by Crippen LogP contribution is 2.19. The van der Waals surface area contributed by atoms with E-state index in [0.29, 0.717) is 11.4 Å². The second-order valence-corrected chi connectivity index (χ2v) is 4.68. The van der Waals surface area contributed by atoms with Gasteiger partial charge in [0.15, 0.2) is 0 Å². The zero-order valence-corrected chi connectivity index (χ0v) is 12.4. The summed E-state index contributed by atoms with van der Waals surface area (Å²) >= 11 is 5.41. The lowest BCUT2D eigenvalue weighted by Gasteiger charge is -2.13. The largest absolute Gasteiger partial charge is 0.491 e. The third kappa shape index (κ3) is 5.93. The molecule has 0 bridgehead atoms. The molecule has 1 unspecified atom stereocenters. The van der Waals surface area contributed by atoms with Crippen molar-refractivity contribution in [3.63, 3.8) is 0 Å². The highest BCUT2D eigenvalue weighted by atomic mass is 35.5. The minimum Gasteiger partial charge on any atom is -0.491 e. The minimum absolute atomic E-state index is 0.101. The molecule has 6 heteroatoms. The molecule has 1 aromatic rings. The van der Waals surface area contributed by atoms with Crippen LogP contribution < -0.4 is 15.4 Å². The maximum Gasteiger partial charge on any atom is 0.325 e. The number of imide groups is 1. The van der Waals surface area contributed by atoms with Gasteiger partial charge in [-0.15, -0.1) is 11.6 Å². The lowest BCUT2D eigenvalue weighted by atomic mass is 10.3. The Morgan fingerprint density at radius 1 is 1.40 bits per heavy atom. The van der Waals surface area contributed by atoms with Crippen LogP contribution in [0.1, 0.15) is 26.7 Å². The maximum absolute atomic E-state index is 11.6. The number of nitrogens with one attached hydrogen (secondary N) is 2. The smallest absolute Gasteiger partial charge is 0.325 e. The van der Waals surface area contributed by atoms with Gasteiger partial charge in [0.25, 0.3) is 0 Å². The van der Waals surface area contributed by atoms with E-state index in [0.717, 1.165) is 6.42 Å². The Balaban J connectivity index is 2.57. The molecule has 1 atom stereocenters. The third-order valence-electron chi connectivity index (χ3n) is 2.58. The fraction of sp³-hybridized carbons (Fsp3) is 0.429. The van der Waals surface area contributed by atoms with Crippen LogP contribution in [0.2, 0.25) is 0 Å². The summed E-state index contributed by atoms with van der Waals surface area (Å²) in [6, 6.07) is 6.43. The first-order chi connectivity index (χ1) is 9.55. The van der Waals surface area contributed by atoms with Crippen molar-refractivity contribution >= 4 is 29.2 Å². The average molecular weight is 299 g/mol. The second kappa shape index (κ2) is 8.43. The quantitative estimate of drug-likeness (QED) is 0.793. The number of hydrogen-bond donors (Lipinski definition) is 2. The van der Waals surface area contributed by atoms with Gasteiger partial charge in [-0.25, -0.2) is 4.79 Å². The van der Waals surface area contributed by atoms with Crippen molar-refractivity contribution in [2.75, 3.05) is 11.2 Å². The number of carbonyl (C=O) groups is 2. The number of amides is 3. The van der Waals surface area contributed by atoms with Crippen LogP contribution in [0, 0.1) is 0 Å². The lowest BCUT2D eigenvalue weighted by molar-refractivity contribution is -0.119. The minimum atomic E-state index is -0.583. The van der Waals surface area contributed by atoms with Crippen LogP contribution >= 0.6 is 11.6 Å². The Bertz CT molecular complexity index is 465.